The van der Waals surface area contributed by atoms with E-state index >= 15 is 0 Å². The van der Waals surface area contributed by atoms with E-state index in [2.05, 4.69) is 36.3 Å². The van der Waals surface area contributed by atoms with E-state index < -0.39 is 18.0 Å². The van der Waals surface area contributed by atoms with Crippen LogP contribution in [0.2, 0.25) is 0 Å². The van der Waals surface area contributed by atoms with Gasteiger partial charge in [0.25, 0.3) is 5.91 Å². The van der Waals surface area contributed by atoms with Crippen molar-refractivity contribution in [3.63, 3.8) is 0 Å². The minimum atomic E-state index is -1.55. The summed E-state index contributed by atoms with van der Waals surface area (Å²) in [5, 5.41) is 14.0. The highest BCUT2D eigenvalue weighted by atomic mass is 16.3. The van der Waals surface area contributed by atoms with Crippen LogP contribution in [0.4, 0.5) is 0 Å². The van der Waals surface area contributed by atoms with Crippen molar-refractivity contribution in [1.82, 2.24) is 10.6 Å². The van der Waals surface area contributed by atoms with Crippen molar-refractivity contribution in [2.24, 2.45) is 0 Å². The maximum Gasteiger partial charge on any atom is 0.269 e. The quantitative estimate of drug-likeness (QED) is 0.502. The Labute approximate surface area is 118 Å². The summed E-state index contributed by atoms with van der Waals surface area (Å²) in [6.07, 6.45) is 1.10. The van der Waals surface area contributed by atoms with Gasteiger partial charge in [-0.05, 0) is 30.0 Å². The lowest BCUT2D eigenvalue weighted by molar-refractivity contribution is -0.135. The van der Waals surface area contributed by atoms with Gasteiger partial charge in [0.05, 0.1) is 0 Å². The minimum absolute atomic E-state index is 0.394. The number of benzene rings is 1. The van der Waals surface area contributed by atoms with Crippen LogP contribution in [0.5, 0.6) is 0 Å². The van der Waals surface area contributed by atoms with Crippen LogP contribution >= 0.6 is 0 Å². The lowest BCUT2D eigenvalue weighted by Crippen LogP contribution is -2.46. The van der Waals surface area contributed by atoms with Gasteiger partial charge in [-0.3, -0.25) is 9.59 Å². The number of hydrogen-bond donors (Lipinski definition) is 3. The molecular weight excluding hydrogens is 256 g/mol. The molecule has 5 heteroatoms. The SMILES string of the molecule is C=CC(=O)NC(O)C(=O)NCCc1ccc(CC)cc1. The first-order valence-electron chi connectivity index (χ1n) is 6.53. The maximum absolute atomic E-state index is 11.5. The second kappa shape index (κ2) is 8.12. The minimum Gasteiger partial charge on any atom is -0.365 e. The van der Waals surface area contributed by atoms with Gasteiger partial charge in [0.1, 0.15) is 0 Å². The molecule has 0 bridgehead atoms. The van der Waals surface area contributed by atoms with Gasteiger partial charge in [-0.1, -0.05) is 37.8 Å². The molecule has 2 amide bonds. The molecule has 0 heterocycles. The molecule has 0 aliphatic rings. The molecule has 1 aromatic rings. The lowest BCUT2D eigenvalue weighted by atomic mass is 10.1. The molecule has 1 unspecified atom stereocenters. The largest absolute Gasteiger partial charge is 0.365 e. The molecule has 0 saturated carbocycles. The summed E-state index contributed by atoms with van der Waals surface area (Å²) in [6.45, 7) is 5.72. The third kappa shape index (κ3) is 5.24. The molecule has 108 valence electrons. The van der Waals surface area contributed by atoms with Crippen LogP contribution < -0.4 is 10.6 Å². The Morgan fingerprint density at radius 1 is 1.30 bits per heavy atom. The molecule has 3 N–H and O–H groups in total. The summed E-state index contributed by atoms with van der Waals surface area (Å²) in [4.78, 5) is 22.4. The predicted molar refractivity (Wildman–Crippen MR) is 76.9 cm³/mol. The second-order valence-electron chi connectivity index (χ2n) is 4.33. The van der Waals surface area contributed by atoms with Gasteiger partial charge in [-0.25, -0.2) is 0 Å². The molecule has 0 aromatic heterocycles. The second-order valence-corrected chi connectivity index (χ2v) is 4.33. The van der Waals surface area contributed by atoms with Crippen LogP contribution in [0.25, 0.3) is 0 Å². The van der Waals surface area contributed by atoms with Crippen molar-refractivity contribution in [3.05, 3.63) is 48.0 Å². The van der Waals surface area contributed by atoms with Crippen LogP contribution in [0.1, 0.15) is 18.1 Å². The Kier molecular flexibility index (Phi) is 6.46. The monoisotopic (exact) mass is 276 g/mol. The average Bonchev–Trinajstić information content (AvgIpc) is 2.47. The van der Waals surface area contributed by atoms with E-state index in [1.54, 1.807) is 0 Å². The third-order valence-corrected chi connectivity index (χ3v) is 2.86. The zero-order valence-electron chi connectivity index (χ0n) is 11.6. The maximum atomic E-state index is 11.5. The number of aliphatic hydroxyl groups is 1. The number of amides is 2. The van der Waals surface area contributed by atoms with E-state index in [1.807, 2.05) is 12.1 Å². The molecule has 5 nitrogen and oxygen atoms in total. The van der Waals surface area contributed by atoms with Crippen molar-refractivity contribution < 1.29 is 14.7 Å². The first-order valence-corrected chi connectivity index (χ1v) is 6.53. The van der Waals surface area contributed by atoms with Crippen LogP contribution in [0.3, 0.4) is 0 Å². The molecule has 0 saturated heterocycles. The van der Waals surface area contributed by atoms with Gasteiger partial charge < -0.3 is 15.7 Å². The third-order valence-electron chi connectivity index (χ3n) is 2.86. The lowest BCUT2D eigenvalue weighted by Gasteiger charge is -2.11. The van der Waals surface area contributed by atoms with Gasteiger partial charge in [-0.2, -0.15) is 0 Å². The van der Waals surface area contributed by atoms with Crippen LogP contribution in [-0.2, 0) is 22.4 Å². The van der Waals surface area contributed by atoms with Gasteiger partial charge in [0, 0.05) is 6.54 Å². The van der Waals surface area contributed by atoms with Crippen molar-refractivity contribution in [2.45, 2.75) is 26.0 Å². The van der Waals surface area contributed by atoms with Crippen molar-refractivity contribution in [1.29, 1.82) is 0 Å². The smallest absolute Gasteiger partial charge is 0.269 e. The van der Waals surface area contributed by atoms with Gasteiger partial charge >= 0.3 is 0 Å². The average molecular weight is 276 g/mol. The topological polar surface area (TPSA) is 78.4 Å². The molecule has 0 spiro atoms. The highest BCUT2D eigenvalue weighted by molar-refractivity contribution is 5.91. The van der Waals surface area contributed by atoms with Crippen molar-refractivity contribution in [2.75, 3.05) is 6.54 Å². The number of nitrogens with one attached hydrogen (secondary N) is 2. The number of carbonyl (C=O) groups is 2. The summed E-state index contributed by atoms with van der Waals surface area (Å²) < 4.78 is 0. The molecule has 0 aliphatic heterocycles. The van der Waals surface area contributed by atoms with Crippen molar-refractivity contribution >= 4 is 11.8 Å². The fourth-order valence-corrected chi connectivity index (χ4v) is 1.63. The summed E-state index contributed by atoms with van der Waals surface area (Å²) in [6, 6.07) is 8.13. The molecule has 1 atom stereocenters. The Balaban J connectivity index is 2.33. The molecule has 1 aromatic carbocycles. The van der Waals surface area contributed by atoms with Crippen LogP contribution in [0.15, 0.2) is 36.9 Å². The zero-order valence-corrected chi connectivity index (χ0v) is 11.6. The Morgan fingerprint density at radius 2 is 1.90 bits per heavy atom. The molecule has 1 rings (SSSR count). The first kappa shape index (κ1) is 15.9. The highest BCUT2D eigenvalue weighted by Crippen LogP contribution is 2.05. The molecule has 20 heavy (non-hydrogen) atoms. The Hall–Kier alpha value is -2.14. The van der Waals surface area contributed by atoms with E-state index in [-0.39, 0.29) is 0 Å². The Bertz CT molecular complexity index is 469. The van der Waals surface area contributed by atoms with Crippen LogP contribution in [-0.4, -0.2) is 29.7 Å². The Morgan fingerprint density at radius 3 is 2.45 bits per heavy atom. The van der Waals surface area contributed by atoms with Gasteiger partial charge in [-0.15, -0.1) is 0 Å². The fourth-order valence-electron chi connectivity index (χ4n) is 1.63. The summed E-state index contributed by atoms with van der Waals surface area (Å²) >= 11 is 0. The standard InChI is InChI=1S/C15H20N2O3/c1-3-11-5-7-12(8-6-11)9-10-16-14(19)15(20)17-13(18)4-2/h4-8,15,20H,2-3,9-10H2,1H3,(H,16,19)(H,17,18). The zero-order chi connectivity index (χ0) is 15.0. The number of hydrogen-bond acceptors (Lipinski definition) is 3. The molecule has 0 aliphatic carbocycles. The van der Waals surface area contributed by atoms with Gasteiger partial charge in [0.2, 0.25) is 12.1 Å². The normalized spacial score (nSPS) is 11.5. The first-order chi connectivity index (χ1) is 9.56. The van der Waals surface area contributed by atoms with Gasteiger partial charge in [0.15, 0.2) is 0 Å². The number of carbonyl (C=O) groups excluding carboxylic acids is 2. The highest BCUT2D eigenvalue weighted by Gasteiger charge is 2.15. The van der Waals surface area contributed by atoms with Crippen molar-refractivity contribution in [3.8, 4) is 0 Å². The predicted octanol–water partition coefficient (Wildman–Crippen LogP) is 0.528. The summed E-state index contributed by atoms with van der Waals surface area (Å²) in [7, 11) is 0. The number of aryl methyl sites for hydroxylation is 1. The summed E-state index contributed by atoms with van der Waals surface area (Å²) in [5.41, 5.74) is 2.37. The molecular formula is C15H20N2O3. The fraction of sp³-hybridized carbons (Fsp3) is 0.333. The molecule has 0 fully saturated rings. The van der Waals surface area contributed by atoms with E-state index in [0.717, 1.165) is 18.1 Å². The van der Waals surface area contributed by atoms with E-state index in [0.29, 0.717) is 13.0 Å². The van der Waals surface area contributed by atoms with Crippen LogP contribution in [0, 0.1) is 0 Å². The summed E-state index contributed by atoms with van der Waals surface area (Å²) in [5.74, 6) is -1.23. The van der Waals surface area contributed by atoms with E-state index in [1.165, 1.54) is 5.56 Å². The molecule has 0 radical (unpaired) electrons. The van der Waals surface area contributed by atoms with E-state index in [4.69, 9.17) is 0 Å². The number of rotatable bonds is 7. The van der Waals surface area contributed by atoms with E-state index in [9.17, 15) is 14.7 Å². The number of aliphatic hydroxyl groups excluding tert-OH is 1.